The topological polar surface area (TPSA) is 205 Å². The van der Waals surface area contributed by atoms with Gasteiger partial charge in [-0.05, 0) is 12.2 Å². The Kier molecular flexibility index (Phi) is 7.93. The summed E-state index contributed by atoms with van der Waals surface area (Å²) < 4.78 is 0. The first-order chi connectivity index (χ1) is 8.27. The summed E-state index contributed by atoms with van der Waals surface area (Å²) in [6.07, 6.45) is 0.0288. The molecule has 0 spiro atoms. The Balaban J connectivity index is 0. The highest BCUT2D eigenvalue weighted by atomic mass is 16.4. The minimum atomic E-state index is -1.79. The Morgan fingerprint density at radius 2 is 1.80 bits per heavy atom. The average molecular weight is 292 g/mol. The molecule has 1 aliphatic carbocycles. The number of carbonyl (C=O) groups is 2. The second kappa shape index (κ2) is 7.72. The molecule has 20 heavy (non-hydrogen) atoms. The molecule has 0 aromatic heterocycles. The normalized spacial score (nSPS) is 22.6. The van der Waals surface area contributed by atoms with Gasteiger partial charge in [0.15, 0.2) is 0 Å². The second-order valence-corrected chi connectivity index (χ2v) is 4.20. The van der Waals surface area contributed by atoms with E-state index in [1.165, 1.54) is 0 Å². The number of hydrogen-bond donors (Lipinski definition) is 7. The summed E-state index contributed by atoms with van der Waals surface area (Å²) in [5.41, 5.74) is -2.41. The van der Waals surface area contributed by atoms with Crippen LogP contribution in [-0.4, -0.2) is 55.8 Å². The predicted octanol–water partition coefficient (Wildman–Crippen LogP) is -0.790. The molecule has 0 amide bonds. The van der Waals surface area contributed by atoms with Crippen LogP contribution in [0.3, 0.4) is 0 Å². The second-order valence-electron chi connectivity index (χ2n) is 4.20. The van der Waals surface area contributed by atoms with Gasteiger partial charge in [-0.3, -0.25) is 0 Å². The third kappa shape index (κ3) is 5.07. The van der Waals surface area contributed by atoms with E-state index in [9.17, 15) is 19.8 Å². The van der Waals surface area contributed by atoms with Crippen molar-refractivity contribution in [3.05, 3.63) is 23.3 Å². The monoisotopic (exact) mass is 292 g/mol. The SMILES string of the molecule is N.N.O=C(O)C1=CC(O)(CC(O)CO)CC(C(=O)O)=C1. The molecule has 9 nitrogen and oxygen atoms in total. The Morgan fingerprint density at radius 1 is 1.25 bits per heavy atom. The number of aliphatic carboxylic acids is 2. The van der Waals surface area contributed by atoms with E-state index in [0.29, 0.717) is 0 Å². The van der Waals surface area contributed by atoms with Gasteiger partial charge in [-0.15, -0.1) is 0 Å². The van der Waals surface area contributed by atoms with Gasteiger partial charge in [0.2, 0.25) is 0 Å². The molecule has 0 aromatic carbocycles. The summed E-state index contributed by atoms with van der Waals surface area (Å²) in [6, 6.07) is 0. The Morgan fingerprint density at radius 3 is 2.20 bits per heavy atom. The lowest BCUT2D eigenvalue weighted by molar-refractivity contribution is -0.133. The lowest BCUT2D eigenvalue weighted by Crippen LogP contribution is -2.36. The van der Waals surface area contributed by atoms with Crippen molar-refractivity contribution < 1.29 is 35.1 Å². The first-order valence-corrected chi connectivity index (χ1v) is 5.19. The fraction of sp³-hybridized carbons (Fsp3) is 0.455. The molecular formula is C11H20N2O7. The molecule has 0 saturated heterocycles. The van der Waals surface area contributed by atoms with Crippen LogP contribution in [0.15, 0.2) is 23.3 Å². The van der Waals surface area contributed by atoms with E-state index in [1.54, 1.807) is 0 Å². The molecule has 11 N–H and O–H groups in total. The van der Waals surface area contributed by atoms with Crippen molar-refractivity contribution in [3.8, 4) is 0 Å². The molecule has 1 rings (SSSR count). The minimum absolute atomic E-state index is 0. The fourth-order valence-electron chi connectivity index (χ4n) is 1.82. The van der Waals surface area contributed by atoms with E-state index in [0.717, 1.165) is 12.2 Å². The van der Waals surface area contributed by atoms with Crippen molar-refractivity contribution in [2.24, 2.45) is 0 Å². The smallest absolute Gasteiger partial charge is 0.335 e. The molecule has 0 aromatic rings. The summed E-state index contributed by atoms with van der Waals surface area (Å²) in [5.74, 6) is -2.70. The number of rotatable bonds is 5. The van der Waals surface area contributed by atoms with Gasteiger partial charge in [0.1, 0.15) is 0 Å². The minimum Gasteiger partial charge on any atom is -0.478 e. The largest absolute Gasteiger partial charge is 0.478 e. The van der Waals surface area contributed by atoms with Crippen LogP contribution in [0, 0.1) is 0 Å². The van der Waals surface area contributed by atoms with Gasteiger partial charge in [0.25, 0.3) is 0 Å². The van der Waals surface area contributed by atoms with Crippen molar-refractivity contribution >= 4 is 11.9 Å². The molecule has 2 unspecified atom stereocenters. The molecule has 0 aliphatic heterocycles. The van der Waals surface area contributed by atoms with Gasteiger partial charge in [-0.2, -0.15) is 0 Å². The average Bonchev–Trinajstić information content (AvgIpc) is 2.27. The first-order valence-electron chi connectivity index (χ1n) is 5.19. The van der Waals surface area contributed by atoms with Crippen LogP contribution in [-0.2, 0) is 9.59 Å². The van der Waals surface area contributed by atoms with Gasteiger partial charge in [0, 0.05) is 18.4 Å². The molecule has 0 bridgehead atoms. The highest BCUT2D eigenvalue weighted by molar-refractivity contribution is 5.96. The van der Waals surface area contributed by atoms with Crippen LogP contribution in [0.1, 0.15) is 12.8 Å². The van der Waals surface area contributed by atoms with Crippen LogP contribution < -0.4 is 12.3 Å². The maximum atomic E-state index is 10.9. The first kappa shape index (κ1) is 20.5. The summed E-state index contributed by atoms with van der Waals surface area (Å²) in [5, 5.41) is 45.8. The summed E-state index contributed by atoms with van der Waals surface area (Å²) in [4.78, 5) is 21.7. The van der Waals surface area contributed by atoms with Gasteiger partial charge >= 0.3 is 11.9 Å². The highest BCUT2D eigenvalue weighted by Crippen LogP contribution is 2.30. The summed E-state index contributed by atoms with van der Waals surface area (Å²) >= 11 is 0. The molecule has 1 aliphatic rings. The van der Waals surface area contributed by atoms with Crippen LogP contribution in [0.25, 0.3) is 0 Å². The van der Waals surface area contributed by atoms with Gasteiger partial charge in [-0.25, -0.2) is 9.59 Å². The van der Waals surface area contributed by atoms with Crippen LogP contribution in [0.4, 0.5) is 0 Å². The zero-order valence-corrected chi connectivity index (χ0v) is 10.8. The zero-order valence-electron chi connectivity index (χ0n) is 10.8. The van der Waals surface area contributed by atoms with Crippen molar-refractivity contribution in [2.75, 3.05) is 6.61 Å². The molecule has 0 fully saturated rings. The zero-order chi connectivity index (χ0) is 13.9. The molecular weight excluding hydrogens is 272 g/mol. The number of carboxylic acid groups (broad SMARTS) is 2. The standard InChI is InChI=1S/C11H14O7.2H3N/c12-5-8(13)4-11(18)2-6(9(14)15)1-7(3-11)10(16)17;;/h1-2,8,12-13,18H,3-5H2,(H,14,15)(H,16,17);2*1H3. The van der Waals surface area contributed by atoms with Crippen LogP contribution in [0.5, 0.6) is 0 Å². The maximum absolute atomic E-state index is 10.9. The van der Waals surface area contributed by atoms with Crippen molar-refractivity contribution in [3.63, 3.8) is 0 Å². The van der Waals surface area contributed by atoms with E-state index in [1.807, 2.05) is 0 Å². The van der Waals surface area contributed by atoms with E-state index in [2.05, 4.69) is 0 Å². The van der Waals surface area contributed by atoms with E-state index in [-0.39, 0.29) is 36.3 Å². The Bertz CT molecular complexity index is 432. The highest BCUT2D eigenvalue weighted by Gasteiger charge is 2.35. The van der Waals surface area contributed by atoms with Crippen molar-refractivity contribution in [1.82, 2.24) is 12.3 Å². The molecule has 2 atom stereocenters. The van der Waals surface area contributed by atoms with Gasteiger partial charge in [-0.1, -0.05) is 0 Å². The quantitative estimate of drug-likeness (QED) is 0.338. The van der Waals surface area contributed by atoms with Crippen molar-refractivity contribution in [2.45, 2.75) is 24.5 Å². The third-order valence-electron chi connectivity index (χ3n) is 2.57. The number of aliphatic hydroxyl groups is 3. The third-order valence-corrected chi connectivity index (χ3v) is 2.57. The lowest BCUT2D eigenvalue weighted by atomic mass is 9.82. The Hall–Kier alpha value is -1.78. The van der Waals surface area contributed by atoms with E-state index in [4.69, 9.17) is 15.3 Å². The molecule has 116 valence electrons. The van der Waals surface area contributed by atoms with E-state index >= 15 is 0 Å². The number of hydrogen-bond acceptors (Lipinski definition) is 7. The molecule has 0 radical (unpaired) electrons. The number of aliphatic hydroxyl groups excluding tert-OH is 2. The number of carboxylic acids is 2. The molecule has 9 heteroatoms. The van der Waals surface area contributed by atoms with Crippen LogP contribution in [0.2, 0.25) is 0 Å². The molecule has 0 heterocycles. The van der Waals surface area contributed by atoms with Crippen LogP contribution >= 0.6 is 0 Å². The Labute approximate surface area is 115 Å². The summed E-state index contributed by atoms with van der Waals surface area (Å²) in [6.45, 7) is -0.606. The maximum Gasteiger partial charge on any atom is 0.335 e. The fourth-order valence-corrected chi connectivity index (χ4v) is 1.82. The van der Waals surface area contributed by atoms with Gasteiger partial charge < -0.3 is 37.8 Å². The van der Waals surface area contributed by atoms with Crippen molar-refractivity contribution in [1.29, 1.82) is 0 Å². The van der Waals surface area contributed by atoms with Gasteiger partial charge in [0.05, 0.1) is 23.9 Å². The lowest BCUT2D eigenvalue weighted by Gasteiger charge is -2.30. The van der Waals surface area contributed by atoms with E-state index < -0.39 is 30.3 Å². The molecule has 0 saturated carbocycles. The predicted molar refractivity (Wildman–Crippen MR) is 68.8 cm³/mol. The summed E-state index contributed by atoms with van der Waals surface area (Å²) in [7, 11) is 0.